The molecule has 0 bridgehead atoms. The highest BCUT2D eigenvalue weighted by Gasteiger charge is 2.32. The highest BCUT2D eigenvalue weighted by atomic mass is 19.1. The molecule has 0 saturated carbocycles. The SMILES string of the molecule is O=C(O)c1ccc(/C=C2\C(=O)N(c3ccc(F)cc3)N=C2c2ccccc2)cc1. The number of aromatic carboxylic acids is 1. The van der Waals surface area contributed by atoms with Crippen LogP contribution in [0.5, 0.6) is 0 Å². The molecule has 0 aliphatic carbocycles. The molecule has 3 aromatic rings. The summed E-state index contributed by atoms with van der Waals surface area (Å²) < 4.78 is 13.3. The third kappa shape index (κ3) is 3.68. The molecular weight excluding hydrogens is 371 g/mol. The van der Waals surface area contributed by atoms with E-state index < -0.39 is 11.8 Å². The number of amides is 1. The largest absolute Gasteiger partial charge is 0.478 e. The molecule has 29 heavy (non-hydrogen) atoms. The molecule has 0 atom stereocenters. The predicted octanol–water partition coefficient (Wildman–Crippen LogP) is 4.36. The molecule has 4 rings (SSSR count). The number of carboxylic acids is 1. The van der Waals surface area contributed by atoms with E-state index in [-0.39, 0.29) is 11.5 Å². The van der Waals surface area contributed by atoms with Gasteiger partial charge in [-0.3, -0.25) is 4.79 Å². The van der Waals surface area contributed by atoms with Gasteiger partial charge in [0.05, 0.1) is 16.8 Å². The van der Waals surface area contributed by atoms with Crippen LogP contribution < -0.4 is 5.01 Å². The molecule has 0 fully saturated rings. The lowest BCUT2D eigenvalue weighted by Crippen LogP contribution is -2.21. The van der Waals surface area contributed by atoms with Crippen molar-refractivity contribution in [1.29, 1.82) is 0 Å². The number of halogens is 1. The van der Waals surface area contributed by atoms with E-state index in [4.69, 9.17) is 5.11 Å². The second-order valence-corrected chi connectivity index (χ2v) is 6.39. The van der Waals surface area contributed by atoms with Crippen LogP contribution in [-0.2, 0) is 4.79 Å². The minimum absolute atomic E-state index is 0.162. The molecule has 142 valence electrons. The Morgan fingerprint density at radius 3 is 2.21 bits per heavy atom. The number of hydrazone groups is 1. The number of benzene rings is 3. The van der Waals surface area contributed by atoms with Gasteiger partial charge in [-0.25, -0.2) is 9.18 Å². The fourth-order valence-electron chi connectivity index (χ4n) is 3.00. The van der Waals surface area contributed by atoms with E-state index in [1.54, 1.807) is 18.2 Å². The fourth-order valence-corrected chi connectivity index (χ4v) is 3.00. The second kappa shape index (κ2) is 7.52. The molecule has 1 aliphatic rings. The summed E-state index contributed by atoms with van der Waals surface area (Å²) in [6, 6.07) is 21.0. The average Bonchev–Trinajstić information content (AvgIpc) is 3.06. The summed E-state index contributed by atoms with van der Waals surface area (Å²) in [4.78, 5) is 24.2. The van der Waals surface area contributed by atoms with Crippen LogP contribution in [0.4, 0.5) is 10.1 Å². The van der Waals surface area contributed by atoms with Gasteiger partial charge in [-0.2, -0.15) is 10.1 Å². The molecule has 0 spiro atoms. The van der Waals surface area contributed by atoms with Crippen LogP contribution >= 0.6 is 0 Å². The zero-order valence-corrected chi connectivity index (χ0v) is 15.1. The Labute approximate surface area is 166 Å². The van der Waals surface area contributed by atoms with Gasteiger partial charge in [0, 0.05) is 5.56 Å². The molecule has 1 N–H and O–H groups in total. The molecule has 0 aromatic heterocycles. The van der Waals surface area contributed by atoms with Crippen LogP contribution in [0, 0.1) is 5.82 Å². The van der Waals surface area contributed by atoms with Crippen molar-refractivity contribution in [2.24, 2.45) is 5.10 Å². The first-order valence-corrected chi connectivity index (χ1v) is 8.82. The number of hydrogen-bond acceptors (Lipinski definition) is 3. The first-order valence-electron chi connectivity index (χ1n) is 8.82. The minimum atomic E-state index is -1.02. The number of hydrogen-bond donors (Lipinski definition) is 1. The van der Waals surface area contributed by atoms with Crippen molar-refractivity contribution in [2.75, 3.05) is 5.01 Å². The second-order valence-electron chi connectivity index (χ2n) is 6.39. The van der Waals surface area contributed by atoms with Gasteiger partial charge in [0.15, 0.2) is 0 Å². The Morgan fingerprint density at radius 1 is 0.931 bits per heavy atom. The Morgan fingerprint density at radius 2 is 1.59 bits per heavy atom. The van der Waals surface area contributed by atoms with E-state index in [2.05, 4.69) is 5.10 Å². The van der Waals surface area contributed by atoms with E-state index in [1.807, 2.05) is 30.3 Å². The van der Waals surface area contributed by atoms with Gasteiger partial charge in [0.25, 0.3) is 5.91 Å². The first-order chi connectivity index (χ1) is 14.0. The maximum absolute atomic E-state index is 13.3. The normalized spacial score (nSPS) is 14.9. The Balaban J connectivity index is 1.78. The molecule has 5 nitrogen and oxygen atoms in total. The van der Waals surface area contributed by atoms with Crippen molar-refractivity contribution in [3.05, 3.63) is 107 Å². The zero-order chi connectivity index (χ0) is 20.4. The van der Waals surface area contributed by atoms with Crippen LogP contribution in [0.2, 0.25) is 0 Å². The summed E-state index contributed by atoms with van der Waals surface area (Å²) in [5.74, 6) is -1.77. The number of carbonyl (C=O) groups is 2. The monoisotopic (exact) mass is 386 g/mol. The van der Waals surface area contributed by atoms with Crippen molar-refractivity contribution in [3.8, 4) is 0 Å². The summed E-state index contributed by atoms with van der Waals surface area (Å²) in [7, 11) is 0. The molecule has 6 heteroatoms. The van der Waals surface area contributed by atoms with Crippen LogP contribution in [0.1, 0.15) is 21.5 Å². The van der Waals surface area contributed by atoms with Crippen LogP contribution in [-0.4, -0.2) is 22.7 Å². The predicted molar refractivity (Wildman–Crippen MR) is 108 cm³/mol. The van der Waals surface area contributed by atoms with Gasteiger partial charge in [0.1, 0.15) is 11.5 Å². The van der Waals surface area contributed by atoms with Gasteiger partial charge >= 0.3 is 5.97 Å². The Hall–Kier alpha value is -4.06. The number of carbonyl (C=O) groups excluding carboxylic acids is 1. The first kappa shape index (κ1) is 18.3. The van der Waals surface area contributed by atoms with Gasteiger partial charge in [-0.15, -0.1) is 0 Å². The van der Waals surface area contributed by atoms with Crippen molar-refractivity contribution in [2.45, 2.75) is 0 Å². The molecule has 1 aliphatic heterocycles. The van der Waals surface area contributed by atoms with E-state index in [0.29, 0.717) is 22.5 Å². The van der Waals surface area contributed by atoms with E-state index in [9.17, 15) is 14.0 Å². The van der Waals surface area contributed by atoms with Crippen molar-refractivity contribution in [3.63, 3.8) is 0 Å². The maximum Gasteiger partial charge on any atom is 0.335 e. The summed E-state index contributed by atoms with van der Waals surface area (Å²) in [6.45, 7) is 0. The lowest BCUT2D eigenvalue weighted by atomic mass is 10.00. The molecule has 3 aromatic carbocycles. The summed E-state index contributed by atoms with van der Waals surface area (Å²) in [5.41, 5.74) is 2.90. The number of carboxylic acid groups (broad SMARTS) is 1. The van der Waals surface area contributed by atoms with Crippen molar-refractivity contribution >= 4 is 29.4 Å². The number of nitrogens with zero attached hydrogens (tertiary/aromatic N) is 2. The van der Waals surface area contributed by atoms with Gasteiger partial charge in [-0.1, -0.05) is 42.5 Å². The highest BCUT2D eigenvalue weighted by molar-refractivity contribution is 6.37. The summed E-state index contributed by atoms with van der Waals surface area (Å²) in [6.07, 6.45) is 1.67. The molecule has 1 heterocycles. The topological polar surface area (TPSA) is 70.0 Å². The van der Waals surface area contributed by atoms with Crippen LogP contribution in [0.25, 0.3) is 6.08 Å². The fraction of sp³-hybridized carbons (Fsp3) is 0. The smallest absolute Gasteiger partial charge is 0.335 e. The van der Waals surface area contributed by atoms with E-state index >= 15 is 0 Å². The summed E-state index contributed by atoms with van der Waals surface area (Å²) in [5, 5.41) is 14.8. The van der Waals surface area contributed by atoms with Gasteiger partial charge < -0.3 is 5.11 Å². The van der Waals surface area contributed by atoms with E-state index in [1.165, 1.54) is 41.4 Å². The average molecular weight is 386 g/mol. The van der Waals surface area contributed by atoms with Gasteiger partial charge in [-0.05, 0) is 48.0 Å². The quantitative estimate of drug-likeness (QED) is 0.678. The third-order valence-electron chi connectivity index (χ3n) is 4.46. The summed E-state index contributed by atoms with van der Waals surface area (Å²) >= 11 is 0. The third-order valence-corrected chi connectivity index (χ3v) is 4.46. The standard InChI is InChI=1S/C23H15FN2O3/c24-18-10-12-19(13-11-18)26-22(27)20(21(25-26)16-4-2-1-3-5-16)14-15-6-8-17(9-7-15)23(28)29/h1-14H,(H,28,29)/b20-14-. The van der Waals surface area contributed by atoms with Crippen molar-refractivity contribution < 1.29 is 19.1 Å². The Bertz CT molecular complexity index is 1140. The zero-order valence-electron chi connectivity index (χ0n) is 15.1. The lowest BCUT2D eigenvalue weighted by molar-refractivity contribution is -0.114. The van der Waals surface area contributed by atoms with Gasteiger partial charge in [0.2, 0.25) is 0 Å². The number of anilines is 1. The minimum Gasteiger partial charge on any atom is -0.478 e. The van der Waals surface area contributed by atoms with Crippen LogP contribution in [0.3, 0.4) is 0 Å². The van der Waals surface area contributed by atoms with Crippen molar-refractivity contribution in [1.82, 2.24) is 0 Å². The molecule has 1 amide bonds. The van der Waals surface area contributed by atoms with Crippen LogP contribution in [0.15, 0.2) is 89.5 Å². The number of rotatable bonds is 4. The molecular formula is C23H15FN2O3. The Kier molecular flexibility index (Phi) is 4.75. The maximum atomic E-state index is 13.3. The highest BCUT2D eigenvalue weighted by Crippen LogP contribution is 2.28. The molecule has 0 radical (unpaired) electrons. The lowest BCUT2D eigenvalue weighted by Gasteiger charge is -2.11. The van der Waals surface area contributed by atoms with E-state index in [0.717, 1.165) is 5.56 Å². The molecule has 0 saturated heterocycles. The molecule has 0 unspecified atom stereocenters.